The highest BCUT2D eigenvalue weighted by Crippen LogP contribution is 2.33. The van der Waals surface area contributed by atoms with Gasteiger partial charge in [-0.25, -0.2) is 16.8 Å². The Balaban J connectivity index is 3.46. The highest BCUT2D eigenvalue weighted by Gasteiger charge is 2.48. The van der Waals surface area contributed by atoms with Crippen molar-refractivity contribution in [3.8, 4) is 0 Å². The summed E-state index contributed by atoms with van der Waals surface area (Å²) in [5.74, 6) is -1.59. The molecule has 0 atom stereocenters. The Bertz CT molecular complexity index is 754. The molecule has 21 heavy (non-hydrogen) atoms. The lowest BCUT2D eigenvalue weighted by atomic mass is 10.4. The zero-order chi connectivity index (χ0) is 16.5. The molecule has 7 nitrogen and oxygen atoms in total. The molecule has 0 heterocycles. The smallest absolute Gasteiger partial charge is 0.480 e. The molecule has 2 N–H and O–H groups in total. The molecule has 0 aliphatic heterocycles. The summed E-state index contributed by atoms with van der Waals surface area (Å²) in [5, 5.41) is 8.36. The van der Waals surface area contributed by atoms with Crippen molar-refractivity contribution in [3.05, 3.63) is 24.3 Å². The van der Waals surface area contributed by atoms with Gasteiger partial charge in [0.25, 0.3) is 9.84 Å². The minimum Gasteiger partial charge on any atom is -0.480 e. The van der Waals surface area contributed by atoms with Gasteiger partial charge in [0.15, 0.2) is 0 Å². The van der Waals surface area contributed by atoms with Crippen LogP contribution in [-0.4, -0.2) is 40.0 Å². The number of hydrogen-bond donors (Lipinski definition) is 2. The van der Waals surface area contributed by atoms with Crippen LogP contribution in [0, 0.1) is 0 Å². The molecule has 0 bridgehead atoms. The fraction of sp³-hybridized carbons (Fsp3) is 0.222. The van der Waals surface area contributed by atoms with E-state index in [1.807, 2.05) is 0 Å². The van der Waals surface area contributed by atoms with Gasteiger partial charge in [-0.2, -0.15) is 17.9 Å². The standard InChI is InChI=1S/C9H8F3NO6S2/c10-9(11,12)20(16,17)6-3-1-2-4-7(6)21(18,19)13-5-8(14)15/h1-4,13H,5H2,(H,14,15). The topological polar surface area (TPSA) is 118 Å². The molecule has 12 heteroatoms. The molecule has 1 aromatic carbocycles. The van der Waals surface area contributed by atoms with Crippen LogP contribution in [0.1, 0.15) is 0 Å². The first-order valence-electron chi connectivity index (χ1n) is 5.01. The van der Waals surface area contributed by atoms with Crippen molar-refractivity contribution in [2.75, 3.05) is 6.54 Å². The predicted octanol–water partition coefficient (Wildman–Crippen LogP) is 0.343. The molecule has 0 fully saturated rings. The number of benzene rings is 1. The van der Waals surface area contributed by atoms with E-state index in [1.54, 1.807) is 0 Å². The number of aliphatic carboxylic acids is 1. The van der Waals surface area contributed by atoms with E-state index in [0.29, 0.717) is 12.1 Å². The van der Waals surface area contributed by atoms with E-state index in [9.17, 15) is 34.8 Å². The van der Waals surface area contributed by atoms with Gasteiger partial charge in [0, 0.05) is 0 Å². The number of alkyl halides is 3. The van der Waals surface area contributed by atoms with E-state index >= 15 is 0 Å². The molecule has 0 spiro atoms. The summed E-state index contributed by atoms with van der Waals surface area (Å²) in [7, 11) is -10.6. The third-order valence-electron chi connectivity index (χ3n) is 2.15. The van der Waals surface area contributed by atoms with Crippen molar-refractivity contribution >= 4 is 25.8 Å². The van der Waals surface area contributed by atoms with Crippen LogP contribution in [-0.2, 0) is 24.7 Å². The van der Waals surface area contributed by atoms with Gasteiger partial charge >= 0.3 is 11.5 Å². The number of hydrogen-bond acceptors (Lipinski definition) is 5. The van der Waals surface area contributed by atoms with Crippen LogP contribution < -0.4 is 4.72 Å². The normalized spacial score (nSPS) is 13.1. The monoisotopic (exact) mass is 347 g/mol. The summed E-state index contributed by atoms with van der Waals surface area (Å²) in [6.45, 7) is -1.11. The van der Waals surface area contributed by atoms with Crippen molar-refractivity contribution in [1.29, 1.82) is 0 Å². The van der Waals surface area contributed by atoms with Crippen molar-refractivity contribution in [1.82, 2.24) is 4.72 Å². The van der Waals surface area contributed by atoms with Crippen LogP contribution in [0.3, 0.4) is 0 Å². The maximum Gasteiger partial charge on any atom is 0.501 e. The Kier molecular flexibility index (Phi) is 4.65. The first-order chi connectivity index (χ1) is 9.39. The maximum atomic E-state index is 12.5. The SMILES string of the molecule is O=C(O)CNS(=O)(=O)c1ccccc1S(=O)(=O)C(F)(F)F. The van der Waals surface area contributed by atoms with Crippen LogP contribution in [0.2, 0.25) is 0 Å². The lowest BCUT2D eigenvalue weighted by molar-refractivity contribution is -0.135. The first kappa shape index (κ1) is 17.4. The van der Waals surface area contributed by atoms with Crippen LogP contribution >= 0.6 is 0 Å². The third kappa shape index (κ3) is 3.71. The van der Waals surface area contributed by atoms with Crippen molar-refractivity contribution in [2.45, 2.75) is 15.3 Å². The summed E-state index contributed by atoms with van der Waals surface area (Å²) in [5.41, 5.74) is -5.69. The highest BCUT2D eigenvalue weighted by molar-refractivity contribution is 7.94. The molecule has 1 aromatic rings. The summed E-state index contributed by atoms with van der Waals surface area (Å²) in [6, 6.07) is 3.01. The van der Waals surface area contributed by atoms with Crippen LogP contribution in [0.5, 0.6) is 0 Å². The molecule has 0 aromatic heterocycles. The van der Waals surface area contributed by atoms with Gasteiger partial charge in [-0.3, -0.25) is 4.79 Å². The van der Waals surface area contributed by atoms with Gasteiger partial charge in [-0.05, 0) is 12.1 Å². The number of halogens is 3. The minimum absolute atomic E-state index is 0.470. The first-order valence-corrected chi connectivity index (χ1v) is 7.98. The van der Waals surface area contributed by atoms with Gasteiger partial charge in [0.1, 0.15) is 11.4 Å². The summed E-state index contributed by atoms with van der Waals surface area (Å²) in [6.07, 6.45) is 0. The van der Waals surface area contributed by atoms with Crippen molar-refractivity contribution < 1.29 is 39.9 Å². The number of carboxylic acid groups (broad SMARTS) is 1. The Morgan fingerprint density at radius 2 is 1.57 bits per heavy atom. The molecule has 0 radical (unpaired) electrons. The van der Waals surface area contributed by atoms with Gasteiger partial charge in [-0.15, -0.1) is 0 Å². The van der Waals surface area contributed by atoms with E-state index in [-0.39, 0.29) is 0 Å². The summed E-state index contributed by atoms with van der Waals surface area (Å²) < 4.78 is 85.1. The molecule has 0 aliphatic carbocycles. The number of nitrogens with one attached hydrogen (secondary N) is 1. The largest absolute Gasteiger partial charge is 0.501 e. The lowest BCUT2D eigenvalue weighted by Gasteiger charge is -2.12. The van der Waals surface area contributed by atoms with Gasteiger partial charge in [0.2, 0.25) is 10.0 Å². The molecule has 0 aliphatic rings. The molecule has 0 saturated heterocycles. The summed E-state index contributed by atoms with van der Waals surface area (Å²) in [4.78, 5) is 7.64. The third-order valence-corrected chi connectivity index (χ3v) is 5.28. The number of sulfonamides is 1. The molecule has 118 valence electrons. The summed E-state index contributed by atoms with van der Waals surface area (Å²) >= 11 is 0. The molecule has 0 saturated carbocycles. The number of rotatable bonds is 5. The fourth-order valence-electron chi connectivity index (χ4n) is 1.25. The van der Waals surface area contributed by atoms with Crippen LogP contribution in [0.4, 0.5) is 13.2 Å². The van der Waals surface area contributed by atoms with Crippen molar-refractivity contribution in [2.24, 2.45) is 0 Å². The molecular formula is C9H8F3NO6S2. The van der Waals surface area contributed by atoms with Gasteiger partial charge in [0.05, 0.1) is 4.90 Å². The molecular weight excluding hydrogens is 339 g/mol. The Morgan fingerprint density at radius 1 is 1.10 bits per heavy atom. The number of carbonyl (C=O) groups is 1. The lowest BCUT2D eigenvalue weighted by Crippen LogP contribution is -2.32. The van der Waals surface area contributed by atoms with Crippen LogP contribution in [0.15, 0.2) is 34.1 Å². The van der Waals surface area contributed by atoms with Crippen molar-refractivity contribution in [3.63, 3.8) is 0 Å². The average Bonchev–Trinajstić information content (AvgIpc) is 2.35. The van der Waals surface area contributed by atoms with Crippen LogP contribution in [0.25, 0.3) is 0 Å². The molecule has 0 unspecified atom stereocenters. The highest BCUT2D eigenvalue weighted by atomic mass is 32.2. The fourth-order valence-corrected chi connectivity index (χ4v) is 3.81. The minimum atomic E-state index is -5.90. The van der Waals surface area contributed by atoms with E-state index < -0.39 is 47.7 Å². The predicted molar refractivity (Wildman–Crippen MR) is 62.5 cm³/mol. The molecule has 1 rings (SSSR count). The van der Waals surface area contributed by atoms with E-state index in [4.69, 9.17) is 5.11 Å². The second kappa shape index (κ2) is 5.61. The molecule has 0 amide bonds. The Morgan fingerprint density at radius 3 is 2.00 bits per heavy atom. The quantitative estimate of drug-likeness (QED) is 0.793. The second-order valence-corrected chi connectivity index (χ2v) is 7.26. The van der Waals surface area contributed by atoms with Gasteiger partial charge < -0.3 is 5.11 Å². The maximum absolute atomic E-state index is 12.5. The van der Waals surface area contributed by atoms with E-state index in [0.717, 1.165) is 12.1 Å². The second-order valence-electron chi connectivity index (χ2n) is 3.61. The van der Waals surface area contributed by atoms with E-state index in [1.165, 1.54) is 4.72 Å². The Labute approximate surface area is 117 Å². The zero-order valence-corrected chi connectivity index (χ0v) is 11.6. The van der Waals surface area contributed by atoms with E-state index in [2.05, 4.69) is 0 Å². The number of sulfone groups is 1. The average molecular weight is 347 g/mol. The Hall–Kier alpha value is -1.66. The zero-order valence-electron chi connectivity index (χ0n) is 9.96. The number of carboxylic acids is 1. The van der Waals surface area contributed by atoms with Gasteiger partial charge in [-0.1, -0.05) is 12.1 Å².